The quantitative estimate of drug-likeness (QED) is 0.832. The largest absolute Gasteiger partial charge is 0.497 e. The van der Waals surface area contributed by atoms with Crippen LogP contribution in [0.2, 0.25) is 5.02 Å². The Balaban J connectivity index is 1.91. The molecule has 0 radical (unpaired) electrons. The lowest BCUT2D eigenvalue weighted by Gasteiger charge is -2.08. The molecule has 1 N–H and O–H groups in total. The van der Waals surface area contributed by atoms with E-state index in [4.69, 9.17) is 16.3 Å². The molecule has 0 saturated heterocycles. The van der Waals surface area contributed by atoms with Crippen LogP contribution in [-0.4, -0.2) is 13.0 Å². The van der Waals surface area contributed by atoms with Crippen molar-refractivity contribution in [2.24, 2.45) is 0 Å². The van der Waals surface area contributed by atoms with Gasteiger partial charge in [0, 0.05) is 15.9 Å². The molecule has 21 heavy (non-hydrogen) atoms. The minimum atomic E-state index is -0.0474. The molecule has 110 valence electrons. The number of nitrogens with one attached hydrogen (secondary N) is 1. The zero-order chi connectivity index (χ0) is 15.2. The molecule has 0 atom stereocenters. The van der Waals surface area contributed by atoms with Gasteiger partial charge in [-0.2, -0.15) is 0 Å². The van der Waals surface area contributed by atoms with Gasteiger partial charge >= 0.3 is 0 Å². The van der Waals surface area contributed by atoms with Gasteiger partial charge in [-0.15, -0.1) is 0 Å². The van der Waals surface area contributed by atoms with Crippen molar-refractivity contribution in [1.29, 1.82) is 0 Å². The first kappa shape index (κ1) is 15.9. The second-order valence-corrected chi connectivity index (χ2v) is 5.81. The van der Waals surface area contributed by atoms with Gasteiger partial charge in [0.25, 0.3) is 0 Å². The number of carbonyl (C=O) groups is 1. The molecule has 0 aliphatic rings. The van der Waals surface area contributed by atoms with Crippen LogP contribution in [-0.2, 0) is 11.2 Å². The molecule has 0 bridgehead atoms. The highest BCUT2D eigenvalue weighted by atomic mass is 79.9. The molecular formula is C16H15BrClNO2. The number of amides is 1. The van der Waals surface area contributed by atoms with Crippen LogP contribution < -0.4 is 10.1 Å². The molecule has 2 aromatic rings. The third-order valence-corrected chi connectivity index (χ3v) is 3.93. The number of anilines is 1. The van der Waals surface area contributed by atoms with Gasteiger partial charge < -0.3 is 10.1 Å². The fourth-order valence-corrected chi connectivity index (χ4v) is 2.37. The normalized spacial score (nSPS) is 10.2. The second kappa shape index (κ2) is 7.48. The van der Waals surface area contributed by atoms with Gasteiger partial charge in [-0.1, -0.05) is 23.7 Å². The van der Waals surface area contributed by atoms with Crippen LogP contribution in [0.1, 0.15) is 12.0 Å². The van der Waals surface area contributed by atoms with E-state index in [1.807, 2.05) is 24.3 Å². The monoisotopic (exact) mass is 367 g/mol. The summed E-state index contributed by atoms with van der Waals surface area (Å²) in [5.74, 6) is 0.764. The highest BCUT2D eigenvalue weighted by Crippen LogP contribution is 2.26. The number of rotatable bonds is 5. The van der Waals surface area contributed by atoms with Crippen molar-refractivity contribution in [3.05, 3.63) is 57.5 Å². The molecule has 5 heteroatoms. The summed E-state index contributed by atoms with van der Waals surface area (Å²) in [6.45, 7) is 0. The highest BCUT2D eigenvalue weighted by molar-refractivity contribution is 9.10. The lowest BCUT2D eigenvalue weighted by atomic mass is 10.1. The Morgan fingerprint density at radius 3 is 2.62 bits per heavy atom. The summed E-state index contributed by atoms with van der Waals surface area (Å²) < 4.78 is 5.91. The Hall–Kier alpha value is -1.52. The SMILES string of the molecule is COc1ccc(CCC(=O)Nc2cc(Cl)ccc2Br)cc1. The molecule has 0 saturated carbocycles. The first-order chi connectivity index (χ1) is 10.1. The summed E-state index contributed by atoms with van der Waals surface area (Å²) in [4.78, 5) is 12.0. The van der Waals surface area contributed by atoms with E-state index in [1.165, 1.54) is 0 Å². The highest BCUT2D eigenvalue weighted by Gasteiger charge is 2.07. The predicted molar refractivity (Wildman–Crippen MR) is 89.1 cm³/mol. The summed E-state index contributed by atoms with van der Waals surface area (Å²) >= 11 is 9.30. The topological polar surface area (TPSA) is 38.3 Å². The van der Waals surface area contributed by atoms with Crippen molar-refractivity contribution in [3.8, 4) is 5.75 Å². The third-order valence-electron chi connectivity index (χ3n) is 3.00. The van der Waals surface area contributed by atoms with Crippen molar-refractivity contribution in [2.45, 2.75) is 12.8 Å². The van der Waals surface area contributed by atoms with Gasteiger partial charge in [0.1, 0.15) is 5.75 Å². The fraction of sp³-hybridized carbons (Fsp3) is 0.188. The molecular weight excluding hydrogens is 354 g/mol. The number of halogens is 2. The lowest BCUT2D eigenvalue weighted by Crippen LogP contribution is -2.12. The van der Waals surface area contributed by atoms with Crippen LogP contribution in [0.3, 0.4) is 0 Å². The average Bonchev–Trinajstić information content (AvgIpc) is 2.49. The van der Waals surface area contributed by atoms with Crippen molar-refractivity contribution in [2.75, 3.05) is 12.4 Å². The lowest BCUT2D eigenvalue weighted by molar-refractivity contribution is -0.116. The van der Waals surface area contributed by atoms with Crippen LogP contribution >= 0.6 is 27.5 Å². The summed E-state index contributed by atoms with van der Waals surface area (Å²) in [5, 5.41) is 3.44. The molecule has 0 aromatic heterocycles. The first-order valence-electron chi connectivity index (χ1n) is 6.46. The minimum absolute atomic E-state index is 0.0474. The summed E-state index contributed by atoms with van der Waals surface area (Å²) in [6.07, 6.45) is 1.08. The Morgan fingerprint density at radius 1 is 1.24 bits per heavy atom. The molecule has 0 unspecified atom stereocenters. The Morgan fingerprint density at radius 2 is 1.95 bits per heavy atom. The number of benzene rings is 2. The van der Waals surface area contributed by atoms with Crippen LogP contribution in [0.4, 0.5) is 5.69 Å². The second-order valence-electron chi connectivity index (χ2n) is 4.52. The van der Waals surface area contributed by atoms with E-state index < -0.39 is 0 Å². The number of methoxy groups -OCH3 is 1. The summed E-state index contributed by atoms with van der Waals surface area (Å²) in [5.41, 5.74) is 1.78. The van der Waals surface area contributed by atoms with E-state index in [0.29, 0.717) is 23.6 Å². The molecule has 0 aliphatic heterocycles. The number of hydrogen-bond donors (Lipinski definition) is 1. The maximum atomic E-state index is 12.0. The Bertz CT molecular complexity index is 629. The summed E-state index contributed by atoms with van der Waals surface area (Å²) in [6, 6.07) is 13.0. The molecule has 2 rings (SSSR count). The minimum Gasteiger partial charge on any atom is -0.497 e. The summed E-state index contributed by atoms with van der Waals surface area (Å²) in [7, 11) is 1.63. The Kier molecular flexibility index (Phi) is 5.65. The van der Waals surface area contributed by atoms with Crippen molar-refractivity contribution >= 4 is 39.1 Å². The average molecular weight is 369 g/mol. The van der Waals surface area contributed by atoms with Gasteiger partial charge in [0.05, 0.1) is 12.8 Å². The molecule has 2 aromatic carbocycles. The third kappa shape index (κ3) is 4.76. The zero-order valence-corrected chi connectivity index (χ0v) is 13.9. The van der Waals surface area contributed by atoms with Gasteiger partial charge in [-0.3, -0.25) is 4.79 Å². The molecule has 3 nitrogen and oxygen atoms in total. The van der Waals surface area contributed by atoms with Crippen molar-refractivity contribution < 1.29 is 9.53 Å². The van der Waals surface area contributed by atoms with E-state index in [1.54, 1.807) is 25.3 Å². The van der Waals surface area contributed by atoms with E-state index in [-0.39, 0.29) is 5.91 Å². The van der Waals surface area contributed by atoms with Crippen LogP contribution in [0, 0.1) is 0 Å². The fourth-order valence-electron chi connectivity index (χ4n) is 1.86. The van der Waals surface area contributed by atoms with E-state index in [2.05, 4.69) is 21.2 Å². The van der Waals surface area contributed by atoms with Crippen LogP contribution in [0.15, 0.2) is 46.9 Å². The van der Waals surface area contributed by atoms with Gasteiger partial charge in [-0.05, 0) is 58.2 Å². The zero-order valence-electron chi connectivity index (χ0n) is 11.5. The van der Waals surface area contributed by atoms with Crippen molar-refractivity contribution in [3.63, 3.8) is 0 Å². The Labute approximate surface area is 137 Å². The van der Waals surface area contributed by atoms with E-state index in [0.717, 1.165) is 15.8 Å². The van der Waals surface area contributed by atoms with E-state index >= 15 is 0 Å². The maximum Gasteiger partial charge on any atom is 0.224 e. The van der Waals surface area contributed by atoms with Crippen LogP contribution in [0.25, 0.3) is 0 Å². The smallest absolute Gasteiger partial charge is 0.224 e. The molecule has 0 aliphatic carbocycles. The molecule has 0 spiro atoms. The van der Waals surface area contributed by atoms with Gasteiger partial charge in [0.2, 0.25) is 5.91 Å². The number of ether oxygens (including phenoxy) is 1. The predicted octanol–water partition coefficient (Wildman–Crippen LogP) is 4.68. The van der Waals surface area contributed by atoms with E-state index in [9.17, 15) is 4.79 Å². The molecule has 1 amide bonds. The first-order valence-corrected chi connectivity index (χ1v) is 7.63. The van der Waals surface area contributed by atoms with Crippen molar-refractivity contribution in [1.82, 2.24) is 0 Å². The molecule has 0 heterocycles. The number of hydrogen-bond acceptors (Lipinski definition) is 2. The number of carbonyl (C=O) groups excluding carboxylic acids is 1. The standard InChI is InChI=1S/C16H15BrClNO2/c1-21-13-6-2-11(3-7-13)4-9-16(20)19-15-10-12(18)5-8-14(15)17/h2-3,5-8,10H,4,9H2,1H3,(H,19,20). The van der Waals surface area contributed by atoms with Gasteiger partial charge in [0.15, 0.2) is 0 Å². The molecule has 0 fully saturated rings. The number of aryl methyl sites for hydroxylation is 1. The van der Waals surface area contributed by atoms with Crippen LogP contribution in [0.5, 0.6) is 5.75 Å². The van der Waals surface area contributed by atoms with Gasteiger partial charge in [-0.25, -0.2) is 0 Å². The maximum absolute atomic E-state index is 12.0.